The number of thioether (sulfide) groups is 1. The van der Waals surface area contributed by atoms with E-state index in [9.17, 15) is 4.79 Å². The lowest BCUT2D eigenvalue weighted by Crippen LogP contribution is -2.06. The molecule has 3 aromatic heterocycles. The molecule has 0 aliphatic heterocycles. The first-order chi connectivity index (χ1) is 16.7. The van der Waals surface area contributed by atoms with Crippen molar-refractivity contribution in [1.82, 2.24) is 14.8 Å². The number of para-hydroxylation sites is 3. The lowest BCUT2D eigenvalue weighted by Gasteiger charge is -2.13. The second kappa shape index (κ2) is 9.74. The van der Waals surface area contributed by atoms with Gasteiger partial charge in [-0.3, -0.25) is 4.57 Å². The zero-order chi connectivity index (χ0) is 23.5. The largest absolute Gasteiger partial charge is 0.495 e. The number of hydrogen-bond donors (Lipinski definition) is 0. The Hall–Kier alpha value is -3.56. The minimum absolute atomic E-state index is 0.220. The van der Waals surface area contributed by atoms with Crippen molar-refractivity contribution >= 4 is 40.0 Å². The monoisotopic (exact) mass is 491 g/mol. The number of hydrogen-bond acceptors (Lipinski definition) is 8. The average Bonchev–Trinajstić information content (AvgIpc) is 3.61. The molecule has 5 aromatic rings. The Kier molecular flexibility index (Phi) is 6.37. The fraction of sp³-hybridized carbons (Fsp3) is 0.160. The summed E-state index contributed by atoms with van der Waals surface area (Å²) in [4.78, 5) is 13.6. The minimum atomic E-state index is -0.472. The number of benzene rings is 2. The Balaban J connectivity index is 1.58. The van der Waals surface area contributed by atoms with Crippen LogP contribution in [0.2, 0.25) is 0 Å². The van der Waals surface area contributed by atoms with Crippen molar-refractivity contribution in [2.45, 2.75) is 17.8 Å². The first-order valence-corrected chi connectivity index (χ1v) is 12.5. The van der Waals surface area contributed by atoms with Gasteiger partial charge in [0.25, 0.3) is 0 Å². The predicted octanol–water partition coefficient (Wildman–Crippen LogP) is 6.22. The Morgan fingerprint density at radius 3 is 2.71 bits per heavy atom. The van der Waals surface area contributed by atoms with Crippen LogP contribution in [0.15, 0.2) is 75.6 Å². The van der Waals surface area contributed by atoms with Crippen LogP contribution in [0.3, 0.4) is 0 Å². The van der Waals surface area contributed by atoms with Crippen LogP contribution in [0.1, 0.15) is 23.0 Å². The van der Waals surface area contributed by atoms with Crippen LogP contribution in [-0.4, -0.2) is 34.5 Å². The number of furan rings is 1. The molecule has 34 heavy (non-hydrogen) atoms. The molecule has 0 radical (unpaired) electrons. The van der Waals surface area contributed by atoms with E-state index in [0.29, 0.717) is 22.2 Å². The number of fused-ring (bicyclic) bond motifs is 1. The van der Waals surface area contributed by atoms with E-state index >= 15 is 0 Å². The van der Waals surface area contributed by atoms with Crippen LogP contribution >= 0.6 is 23.1 Å². The van der Waals surface area contributed by atoms with Crippen molar-refractivity contribution in [3.63, 3.8) is 0 Å². The fourth-order valence-corrected chi connectivity index (χ4v) is 5.37. The maximum absolute atomic E-state index is 12.6. The highest BCUT2D eigenvalue weighted by molar-refractivity contribution is 7.98. The van der Waals surface area contributed by atoms with E-state index in [-0.39, 0.29) is 12.4 Å². The molecular weight excluding hydrogens is 470 g/mol. The number of methoxy groups -OCH3 is 1. The van der Waals surface area contributed by atoms with Crippen molar-refractivity contribution in [1.29, 1.82) is 0 Å². The first-order valence-electron chi connectivity index (χ1n) is 10.6. The normalized spacial score (nSPS) is 11.1. The van der Waals surface area contributed by atoms with Gasteiger partial charge in [-0.05, 0) is 36.6 Å². The smallest absolute Gasteiger partial charge is 0.374 e. The summed E-state index contributed by atoms with van der Waals surface area (Å²) in [6.45, 7) is 2.05. The molecule has 0 N–H and O–H groups in total. The summed E-state index contributed by atoms with van der Waals surface area (Å²) in [5.41, 5.74) is 2.25. The van der Waals surface area contributed by atoms with Gasteiger partial charge in [0.2, 0.25) is 5.76 Å². The van der Waals surface area contributed by atoms with Crippen molar-refractivity contribution in [2.75, 3.05) is 13.7 Å². The van der Waals surface area contributed by atoms with Crippen LogP contribution < -0.4 is 4.74 Å². The molecule has 172 valence electrons. The molecule has 0 aliphatic carbocycles. The van der Waals surface area contributed by atoms with E-state index in [4.69, 9.17) is 13.9 Å². The van der Waals surface area contributed by atoms with Crippen molar-refractivity contribution in [2.24, 2.45) is 0 Å². The number of nitrogens with zero attached hydrogens (tertiary/aromatic N) is 3. The number of aromatic nitrogens is 3. The molecule has 0 unspecified atom stereocenters. The van der Waals surface area contributed by atoms with Crippen molar-refractivity contribution in [3.05, 3.63) is 77.4 Å². The van der Waals surface area contributed by atoms with Crippen LogP contribution in [0.25, 0.3) is 27.4 Å². The zero-order valence-electron chi connectivity index (χ0n) is 18.6. The molecule has 0 amide bonds. The summed E-state index contributed by atoms with van der Waals surface area (Å²) in [5, 5.41) is 12.5. The third-order valence-electron chi connectivity index (χ3n) is 5.21. The SMILES string of the molecule is CCOC(=O)c1oc2ccccc2c1CSc1nnc(-c2cccs2)n1-c1ccccc1OC. The highest BCUT2D eigenvalue weighted by Gasteiger charge is 2.24. The van der Waals surface area contributed by atoms with Crippen LogP contribution in [0.4, 0.5) is 0 Å². The van der Waals surface area contributed by atoms with Gasteiger partial charge in [-0.2, -0.15) is 0 Å². The summed E-state index contributed by atoms with van der Waals surface area (Å²) >= 11 is 3.06. The molecule has 0 spiro atoms. The van der Waals surface area contributed by atoms with Gasteiger partial charge in [0.15, 0.2) is 11.0 Å². The van der Waals surface area contributed by atoms with E-state index in [2.05, 4.69) is 10.2 Å². The average molecular weight is 492 g/mol. The van der Waals surface area contributed by atoms with Gasteiger partial charge in [0.05, 0.1) is 24.3 Å². The number of carbonyl (C=O) groups excluding carboxylic acids is 1. The van der Waals surface area contributed by atoms with Crippen molar-refractivity contribution in [3.8, 4) is 22.1 Å². The molecule has 0 bridgehead atoms. The molecule has 9 heteroatoms. The van der Waals surface area contributed by atoms with Gasteiger partial charge in [0, 0.05) is 16.7 Å². The molecule has 0 fully saturated rings. The van der Waals surface area contributed by atoms with E-state index in [1.54, 1.807) is 25.4 Å². The quantitative estimate of drug-likeness (QED) is 0.188. The number of esters is 1. The minimum Gasteiger partial charge on any atom is -0.495 e. The Morgan fingerprint density at radius 2 is 1.91 bits per heavy atom. The van der Waals surface area contributed by atoms with E-state index in [0.717, 1.165) is 27.3 Å². The van der Waals surface area contributed by atoms with E-state index in [1.807, 2.05) is 70.6 Å². The summed E-state index contributed by atoms with van der Waals surface area (Å²) in [6, 6.07) is 19.3. The summed E-state index contributed by atoms with van der Waals surface area (Å²) in [6.07, 6.45) is 0. The van der Waals surface area contributed by atoms with E-state index in [1.165, 1.54) is 11.8 Å². The molecule has 0 saturated carbocycles. The van der Waals surface area contributed by atoms with Gasteiger partial charge in [-0.15, -0.1) is 21.5 Å². The summed E-state index contributed by atoms with van der Waals surface area (Å²) in [7, 11) is 1.64. The molecule has 0 atom stereocenters. The number of thiophene rings is 1. The highest BCUT2D eigenvalue weighted by atomic mass is 32.2. The fourth-order valence-electron chi connectivity index (χ4n) is 3.70. The first kappa shape index (κ1) is 22.2. The van der Waals surface area contributed by atoms with Crippen LogP contribution in [-0.2, 0) is 10.5 Å². The van der Waals surface area contributed by atoms with Crippen LogP contribution in [0, 0.1) is 0 Å². The predicted molar refractivity (Wildman–Crippen MR) is 133 cm³/mol. The molecule has 5 rings (SSSR count). The highest BCUT2D eigenvalue weighted by Crippen LogP contribution is 2.37. The molecule has 3 heterocycles. The van der Waals surface area contributed by atoms with Gasteiger partial charge in [-0.1, -0.05) is 48.2 Å². The Bertz CT molecular complexity index is 1440. The van der Waals surface area contributed by atoms with Gasteiger partial charge < -0.3 is 13.9 Å². The molecule has 0 aliphatic rings. The van der Waals surface area contributed by atoms with Crippen LogP contribution in [0.5, 0.6) is 5.75 Å². The van der Waals surface area contributed by atoms with Gasteiger partial charge in [-0.25, -0.2) is 4.79 Å². The second-order valence-corrected chi connectivity index (χ2v) is 9.10. The molecule has 7 nitrogen and oxygen atoms in total. The molecular formula is C25H21N3O4S2. The Morgan fingerprint density at radius 1 is 1.09 bits per heavy atom. The molecule has 0 saturated heterocycles. The Labute approximate surface area is 204 Å². The van der Waals surface area contributed by atoms with E-state index < -0.39 is 5.97 Å². The number of carbonyl (C=O) groups is 1. The maximum atomic E-state index is 12.6. The lowest BCUT2D eigenvalue weighted by atomic mass is 10.1. The maximum Gasteiger partial charge on any atom is 0.374 e. The number of ether oxygens (including phenoxy) is 2. The molecule has 2 aromatic carbocycles. The summed E-state index contributed by atoms with van der Waals surface area (Å²) < 4.78 is 18.7. The second-order valence-electron chi connectivity index (χ2n) is 7.21. The lowest BCUT2D eigenvalue weighted by molar-refractivity contribution is 0.0491. The van der Waals surface area contributed by atoms with Gasteiger partial charge in [0.1, 0.15) is 11.3 Å². The summed E-state index contributed by atoms with van der Waals surface area (Å²) in [5.74, 6) is 1.63. The standard InChI is InChI=1S/C25H21N3O4S2/c1-3-31-24(29)22-17(16-9-4-6-11-19(16)32-22)15-34-25-27-26-23(21-13-8-14-33-21)28(25)18-10-5-7-12-20(18)30-2/h4-14H,3,15H2,1-2H3. The van der Waals surface area contributed by atoms with Gasteiger partial charge >= 0.3 is 5.97 Å². The number of rotatable bonds is 8. The zero-order valence-corrected chi connectivity index (χ0v) is 20.2. The van der Waals surface area contributed by atoms with Crippen molar-refractivity contribution < 1.29 is 18.7 Å². The topological polar surface area (TPSA) is 79.4 Å². The third kappa shape index (κ3) is 4.08. The third-order valence-corrected chi connectivity index (χ3v) is 7.03.